The Morgan fingerprint density at radius 2 is 1.76 bits per heavy atom. The number of rotatable bonds is 9. The van der Waals surface area contributed by atoms with Crippen molar-refractivity contribution in [3.8, 4) is 0 Å². The summed E-state index contributed by atoms with van der Waals surface area (Å²) in [6.07, 6.45) is -0.358. The topological polar surface area (TPSA) is 59.6 Å². The van der Waals surface area contributed by atoms with E-state index in [4.69, 9.17) is 9.47 Å². The van der Waals surface area contributed by atoms with E-state index in [0.29, 0.717) is 25.0 Å². The van der Waals surface area contributed by atoms with Gasteiger partial charge in [-0.15, -0.1) is 0 Å². The van der Waals surface area contributed by atoms with Crippen molar-refractivity contribution in [2.45, 2.75) is 53.4 Å². The molecule has 0 heterocycles. The lowest BCUT2D eigenvalue weighted by atomic mass is 9.95. The summed E-state index contributed by atoms with van der Waals surface area (Å²) in [5.74, 6) is 0.791. The number of ether oxygens (including phenoxy) is 2. The predicted octanol–water partition coefficient (Wildman–Crippen LogP) is 3.72. The lowest BCUT2D eigenvalue weighted by Gasteiger charge is -2.24. The number of nitrogens with one attached hydrogen (secondary N) is 2. The van der Waals surface area contributed by atoms with Crippen LogP contribution in [0.1, 0.15) is 45.7 Å². The molecule has 0 aliphatic heterocycles. The quantitative estimate of drug-likeness (QED) is 0.713. The third-order valence-electron chi connectivity index (χ3n) is 3.99. The fraction of sp³-hybridized carbons (Fsp3) is 0.650. The number of carbonyl (C=O) groups excluding carboxylic acids is 1. The van der Waals surface area contributed by atoms with Gasteiger partial charge < -0.3 is 20.1 Å². The Hall–Kier alpha value is -1.59. The zero-order chi connectivity index (χ0) is 18.9. The van der Waals surface area contributed by atoms with Crippen molar-refractivity contribution in [2.24, 2.45) is 11.8 Å². The number of hydrogen-bond donors (Lipinski definition) is 2. The molecule has 0 fully saturated rings. The lowest BCUT2D eigenvalue weighted by molar-refractivity contribution is 0.0515. The van der Waals surface area contributed by atoms with E-state index in [-0.39, 0.29) is 6.09 Å². The molecule has 5 heteroatoms. The number of hydrogen-bond acceptors (Lipinski definition) is 4. The molecular formula is C20H34N2O3. The third-order valence-corrected chi connectivity index (χ3v) is 3.99. The van der Waals surface area contributed by atoms with Gasteiger partial charge in [0.05, 0.1) is 6.61 Å². The Morgan fingerprint density at radius 1 is 1.12 bits per heavy atom. The predicted molar refractivity (Wildman–Crippen MR) is 101 cm³/mol. The van der Waals surface area contributed by atoms with Gasteiger partial charge in [-0.2, -0.15) is 0 Å². The first kappa shape index (κ1) is 21.5. The van der Waals surface area contributed by atoms with Crippen LogP contribution in [0.3, 0.4) is 0 Å². The maximum Gasteiger partial charge on any atom is 0.407 e. The molecule has 1 aromatic carbocycles. The van der Waals surface area contributed by atoms with E-state index in [1.807, 2.05) is 32.9 Å². The minimum atomic E-state index is -0.472. The molecule has 0 aromatic heterocycles. The monoisotopic (exact) mass is 350 g/mol. The zero-order valence-corrected chi connectivity index (χ0v) is 16.5. The molecule has 5 nitrogen and oxygen atoms in total. The molecule has 1 atom stereocenters. The largest absolute Gasteiger partial charge is 0.444 e. The molecule has 0 saturated heterocycles. The molecule has 0 saturated carbocycles. The van der Waals surface area contributed by atoms with Gasteiger partial charge in [-0.1, -0.05) is 38.1 Å². The first-order valence-corrected chi connectivity index (χ1v) is 8.96. The SMILES string of the molecule is COCc1ccccc1CNCC(CNC(=O)OC(C)(C)C)C(C)C. The van der Waals surface area contributed by atoms with Crippen LogP contribution in [0.15, 0.2) is 24.3 Å². The van der Waals surface area contributed by atoms with Crippen molar-refractivity contribution in [3.05, 3.63) is 35.4 Å². The number of benzene rings is 1. The second kappa shape index (κ2) is 10.4. The highest BCUT2D eigenvalue weighted by atomic mass is 16.6. The van der Waals surface area contributed by atoms with Crippen LogP contribution < -0.4 is 10.6 Å². The van der Waals surface area contributed by atoms with E-state index in [1.54, 1.807) is 7.11 Å². The first-order chi connectivity index (χ1) is 11.7. The Balaban J connectivity index is 2.47. The van der Waals surface area contributed by atoms with E-state index in [2.05, 4.69) is 36.6 Å². The number of alkyl carbamates (subject to hydrolysis) is 1. The molecule has 1 aromatic rings. The minimum Gasteiger partial charge on any atom is -0.444 e. The van der Waals surface area contributed by atoms with Crippen LogP contribution in [-0.2, 0) is 22.6 Å². The van der Waals surface area contributed by atoms with Crippen molar-refractivity contribution in [1.29, 1.82) is 0 Å². The van der Waals surface area contributed by atoms with Gasteiger partial charge in [-0.25, -0.2) is 4.79 Å². The average molecular weight is 351 g/mol. The number of methoxy groups -OCH3 is 1. The molecular weight excluding hydrogens is 316 g/mol. The second-order valence-corrected chi connectivity index (χ2v) is 7.72. The van der Waals surface area contributed by atoms with Gasteiger partial charge in [0.2, 0.25) is 0 Å². The van der Waals surface area contributed by atoms with E-state index in [9.17, 15) is 4.79 Å². The number of carbonyl (C=O) groups is 1. The highest BCUT2D eigenvalue weighted by Gasteiger charge is 2.19. The highest BCUT2D eigenvalue weighted by Crippen LogP contribution is 2.12. The van der Waals surface area contributed by atoms with E-state index in [0.717, 1.165) is 13.1 Å². The maximum atomic E-state index is 11.8. The van der Waals surface area contributed by atoms with Crippen molar-refractivity contribution >= 4 is 6.09 Å². The molecule has 0 spiro atoms. The van der Waals surface area contributed by atoms with Gasteiger partial charge in [0.1, 0.15) is 5.60 Å². The summed E-state index contributed by atoms with van der Waals surface area (Å²) in [5, 5.41) is 6.39. The molecule has 142 valence electrons. The van der Waals surface area contributed by atoms with Crippen molar-refractivity contribution in [3.63, 3.8) is 0 Å². The average Bonchev–Trinajstić information content (AvgIpc) is 2.50. The standard InChI is InChI=1S/C20H34N2O3/c1-15(2)18(13-22-19(23)25-20(3,4)5)12-21-11-16-9-7-8-10-17(16)14-24-6/h7-10,15,18,21H,11-14H2,1-6H3,(H,22,23). The fourth-order valence-corrected chi connectivity index (χ4v) is 2.49. The van der Waals surface area contributed by atoms with Crippen LogP contribution >= 0.6 is 0 Å². The molecule has 2 N–H and O–H groups in total. The molecule has 1 unspecified atom stereocenters. The molecule has 1 rings (SSSR count). The summed E-state index contributed by atoms with van der Waals surface area (Å²) in [5.41, 5.74) is 1.97. The third kappa shape index (κ3) is 8.89. The Kier molecular flexibility index (Phi) is 8.93. The summed E-state index contributed by atoms with van der Waals surface area (Å²) in [6.45, 7) is 12.8. The maximum absolute atomic E-state index is 11.8. The molecule has 0 radical (unpaired) electrons. The van der Waals surface area contributed by atoms with Gasteiger partial charge in [0.15, 0.2) is 0 Å². The Morgan fingerprint density at radius 3 is 2.32 bits per heavy atom. The molecule has 0 aliphatic carbocycles. The molecule has 25 heavy (non-hydrogen) atoms. The normalized spacial score (nSPS) is 12.9. The van der Waals surface area contributed by atoms with Crippen molar-refractivity contribution in [1.82, 2.24) is 10.6 Å². The summed E-state index contributed by atoms with van der Waals surface area (Å²) >= 11 is 0. The van der Waals surface area contributed by atoms with Crippen LogP contribution in [0.25, 0.3) is 0 Å². The molecule has 1 amide bonds. The van der Waals surface area contributed by atoms with Gasteiger partial charge in [0.25, 0.3) is 0 Å². The van der Waals surface area contributed by atoms with Gasteiger partial charge >= 0.3 is 6.09 Å². The van der Waals surface area contributed by atoms with Crippen LogP contribution in [0.4, 0.5) is 4.79 Å². The highest BCUT2D eigenvalue weighted by molar-refractivity contribution is 5.67. The molecule has 0 aliphatic rings. The molecule has 0 bridgehead atoms. The van der Waals surface area contributed by atoms with Crippen molar-refractivity contribution in [2.75, 3.05) is 20.2 Å². The first-order valence-electron chi connectivity index (χ1n) is 8.96. The Bertz CT molecular complexity index is 524. The smallest absolute Gasteiger partial charge is 0.407 e. The van der Waals surface area contributed by atoms with E-state index >= 15 is 0 Å². The van der Waals surface area contributed by atoms with Gasteiger partial charge in [-0.3, -0.25) is 0 Å². The summed E-state index contributed by atoms with van der Waals surface area (Å²) in [7, 11) is 1.71. The van der Waals surface area contributed by atoms with E-state index in [1.165, 1.54) is 11.1 Å². The zero-order valence-electron chi connectivity index (χ0n) is 16.5. The summed E-state index contributed by atoms with van der Waals surface area (Å²) in [6, 6.07) is 8.27. The van der Waals surface area contributed by atoms with Crippen LogP contribution in [0, 0.1) is 11.8 Å². The lowest BCUT2D eigenvalue weighted by Crippen LogP contribution is -2.39. The second-order valence-electron chi connectivity index (χ2n) is 7.72. The van der Waals surface area contributed by atoms with Crippen LogP contribution in [-0.4, -0.2) is 31.9 Å². The summed E-state index contributed by atoms with van der Waals surface area (Å²) in [4.78, 5) is 11.8. The fourth-order valence-electron chi connectivity index (χ4n) is 2.49. The number of amides is 1. The van der Waals surface area contributed by atoms with Crippen molar-refractivity contribution < 1.29 is 14.3 Å². The van der Waals surface area contributed by atoms with Crippen LogP contribution in [0.2, 0.25) is 0 Å². The van der Waals surface area contributed by atoms with Crippen LogP contribution in [0.5, 0.6) is 0 Å². The minimum absolute atomic E-state index is 0.335. The van der Waals surface area contributed by atoms with Gasteiger partial charge in [-0.05, 0) is 43.7 Å². The van der Waals surface area contributed by atoms with E-state index < -0.39 is 5.60 Å². The summed E-state index contributed by atoms with van der Waals surface area (Å²) < 4.78 is 10.5. The van der Waals surface area contributed by atoms with Gasteiger partial charge in [0, 0.05) is 26.7 Å². The Labute approximate surface area is 152 Å².